The zero-order valence-electron chi connectivity index (χ0n) is 16.2. The fourth-order valence-corrected chi connectivity index (χ4v) is 3.51. The maximum Gasteiger partial charge on any atom is 0.191 e. The standard InChI is InChI=1S/C22H26FN5/c1-25-22(26-14-19-12-18(13-24)9-10-21(19)23)27-20-8-5-11-28(16-20)15-17-6-3-2-4-7-17/h2-4,6-7,9-10,12,20H,5,8,11,14-16H2,1H3,(H2,25,26,27). The van der Waals surface area contributed by atoms with Gasteiger partial charge in [0.1, 0.15) is 5.82 Å². The summed E-state index contributed by atoms with van der Waals surface area (Å²) in [6, 6.07) is 17.2. The Hall–Kier alpha value is -2.91. The number of nitriles is 1. The molecule has 1 saturated heterocycles. The summed E-state index contributed by atoms with van der Waals surface area (Å²) in [6.07, 6.45) is 2.20. The van der Waals surface area contributed by atoms with Crippen LogP contribution in [-0.2, 0) is 13.1 Å². The van der Waals surface area contributed by atoms with Crippen molar-refractivity contribution in [2.45, 2.75) is 32.0 Å². The zero-order chi connectivity index (χ0) is 19.8. The number of piperidine rings is 1. The molecule has 146 valence electrons. The Labute approximate surface area is 165 Å². The summed E-state index contributed by atoms with van der Waals surface area (Å²) in [4.78, 5) is 6.71. The molecule has 0 bridgehead atoms. The molecule has 1 unspecified atom stereocenters. The van der Waals surface area contributed by atoms with Gasteiger partial charge in [0.25, 0.3) is 0 Å². The van der Waals surface area contributed by atoms with Crippen LogP contribution in [0.4, 0.5) is 4.39 Å². The highest BCUT2D eigenvalue weighted by atomic mass is 19.1. The number of nitrogens with one attached hydrogen (secondary N) is 2. The van der Waals surface area contributed by atoms with Crippen LogP contribution in [0, 0.1) is 17.1 Å². The molecular formula is C22H26FN5. The number of hydrogen-bond donors (Lipinski definition) is 2. The van der Waals surface area contributed by atoms with Crippen molar-refractivity contribution in [1.29, 1.82) is 5.26 Å². The van der Waals surface area contributed by atoms with Gasteiger partial charge in [-0.05, 0) is 43.1 Å². The van der Waals surface area contributed by atoms with Crippen molar-refractivity contribution in [3.8, 4) is 6.07 Å². The van der Waals surface area contributed by atoms with Gasteiger partial charge in [0.2, 0.25) is 0 Å². The predicted molar refractivity (Wildman–Crippen MR) is 109 cm³/mol. The first-order valence-electron chi connectivity index (χ1n) is 9.60. The largest absolute Gasteiger partial charge is 0.352 e. The minimum Gasteiger partial charge on any atom is -0.352 e. The number of guanidine groups is 1. The third-order valence-corrected chi connectivity index (χ3v) is 4.94. The third kappa shape index (κ3) is 5.54. The first-order valence-corrected chi connectivity index (χ1v) is 9.60. The Morgan fingerprint density at radius 2 is 2.11 bits per heavy atom. The molecule has 1 atom stereocenters. The van der Waals surface area contributed by atoms with Crippen molar-refractivity contribution in [2.24, 2.45) is 4.99 Å². The van der Waals surface area contributed by atoms with E-state index in [0.717, 1.165) is 32.5 Å². The minimum atomic E-state index is -0.325. The maximum atomic E-state index is 14.0. The lowest BCUT2D eigenvalue weighted by molar-refractivity contribution is 0.192. The van der Waals surface area contributed by atoms with Crippen LogP contribution >= 0.6 is 0 Å². The number of nitrogens with zero attached hydrogens (tertiary/aromatic N) is 3. The van der Waals surface area contributed by atoms with Crippen LogP contribution in [0.1, 0.15) is 29.5 Å². The lowest BCUT2D eigenvalue weighted by Crippen LogP contribution is -2.50. The molecule has 28 heavy (non-hydrogen) atoms. The second-order valence-corrected chi connectivity index (χ2v) is 7.05. The van der Waals surface area contributed by atoms with Gasteiger partial charge in [-0.15, -0.1) is 0 Å². The second-order valence-electron chi connectivity index (χ2n) is 7.05. The molecule has 1 heterocycles. The van der Waals surface area contributed by atoms with E-state index in [1.54, 1.807) is 13.1 Å². The lowest BCUT2D eigenvalue weighted by Gasteiger charge is -2.34. The number of aliphatic imine (C=N–C) groups is 1. The number of hydrogen-bond acceptors (Lipinski definition) is 3. The van der Waals surface area contributed by atoms with E-state index in [0.29, 0.717) is 23.1 Å². The van der Waals surface area contributed by atoms with Gasteiger partial charge in [0, 0.05) is 38.3 Å². The Morgan fingerprint density at radius 3 is 2.86 bits per heavy atom. The summed E-state index contributed by atoms with van der Waals surface area (Å²) < 4.78 is 14.0. The summed E-state index contributed by atoms with van der Waals surface area (Å²) in [5, 5.41) is 15.6. The fourth-order valence-electron chi connectivity index (χ4n) is 3.51. The lowest BCUT2D eigenvalue weighted by atomic mass is 10.0. The van der Waals surface area contributed by atoms with Crippen molar-refractivity contribution in [2.75, 3.05) is 20.1 Å². The summed E-state index contributed by atoms with van der Waals surface area (Å²) in [6.45, 7) is 3.25. The summed E-state index contributed by atoms with van der Waals surface area (Å²) in [5.74, 6) is 0.321. The van der Waals surface area contributed by atoms with E-state index >= 15 is 0 Å². The third-order valence-electron chi connectivity index (χ3n) is 4.94. The molecule has 3 rings (SSSR count). The second kappa shape index (κ2) is 9.86. The molecule has 1 aliphatic rings. The Kier molecular flexibility index (Phi) is 6.99. The normalized spacial score (nSPS) is 17.8. The van der Waals surface area contributed by atoms with Crippen LogP contribution in [0.3, 0.4) is 0 Å². The average molecular weight is 379 g/mol. The molecule has 0 radical (unpaired) electrons. The Balaban J connectivity index is 1.53. The minimum absolute atomic E-state index is 0.279. The van der Waals surface area contributed by atoms with E-state index in [1.165, 1.54) is 17.7 Å². The van der Waals surface area contributed by atoms with E-state index in [1.807, 2.05) is 12.1 Å². The van der Waals surface area contributed by atoms with E-state index in [4.69, 9.17) is 5.26 Å². The van der Waals surface area contributed by atoms with Crippen LogP contribution in [0.25, 0.3) is 0 Å². The van der Waals surface area contributed by atoms with Crippen LogP contribution in [0.2, 0.25) is 0 Å². The summed E-state index contributed by atoms with van der Waals surface area (Å²) >= 11 is 0. The van der Waals surface area contributed by atoms with Gasteiger partial charge >= 0.3 is 0 Å². The number of rotatable bonds is 5. The maximum absolute atomic E-state index is 14.0. The molecule has 0 aliphatic carbocycles. The van der Waals surface area contributed by atoms with Crippen molar-refractivity contribution in [3.63, 3.8) is 0 Å². The Morgan fingerprint density at radius 1 is 1.29 bits per heavy atom. The van der Waals surface area contributed by atoms with Gasteiger partial charge in [-0.2, -0.15) is 5.26 Å². The van der Waals surface area contributed by atoms with Crippen molar-refractivity contribution in [1.82, 2.24) is 15.5 Å². The molecule has 2 aromatic rings. The van der Waals surface area contributed by atoms with E-state index < -0.39 is 0 Å². The molecule has 6 heteroatoms. The van der Waals surface area contributed by atoms with E-state index in [2.05, 4.69) is 44.8 Å². The predicted octanol–water partition coefficient (Wildman–Crippen LogP) is 3.03. The smallest absolute Gasteiger partial charge is 0.191 e. The van der Waals surface area contributed by atoms with Crippen LogP contribution < -0.4 is 10.6 Å². The van der Waals surface area contributed by atoms with Crippen LogP contribution in [-0.4, -0.2) is 37.0 Å². The molecule has 1 fully saturated rings. The summed E-state index contributed by atoms with van der Waals surface area (Å²) in [5.41, 5.74) is 2.22. The average Bonchev–Trinajstić information content (AvgIpc) is 2.73. The van der Waals surface area contributed by atoms with Crippen molar-refractivity contribution >= 4 is 5.96 Å². The number of halogens is 1. The molecule has 5 nitrogen and oxygen atoms in total. The zero-order valence-corrected chi connectivity index (χ0v) is 16.2. The SMILES string of the molecule is CN=C(NCc1cc(C#N)ccc1F)NC1CCCN(Cc2ccccc2)C1. The van der Waals surface area contributed by atoms with E-state index in [-0.39, 0.29) is 12.4 Å². The van der Waals surface area contributed by atoms with Crippen LogP contribution in [0.15, 0.2) is 53.5 Å². The highest BCUT2D eigenvalue weighted by Crippen LogP contribution is 2.14. The monoisotopic (exact) mass is 379 g/mol. The van der Waals surface area contributed by atoms with Gasteiger partial charge in [0.15, 0.2) is 5.96 Å². The van der Waals surface area contributed by atoms with Crippen molar-refractivity contribution in [3.05, 3.63) is 71.0 Å². The van der Waals surface area contributed by atoms with Gasteiger partial charge < -0.3 is 10.6 Å². The van der Waals surface area contributed by atoms with Gasteiger partial charge in [-0.25, -0.2) is 4.39 Å². The van der Waals surface area contributed by atoms with Gasteiger partial charge in [-0.3, -0.25) is 9.89 Å². The number of likely N-dealkylation sites (tertiary alicyclic amines) is 1. The van der Waals surface area contributed by atoms with Crippen molar-refractivity contribution < 1.29 is 4.39 Å². The highest BCUT2D eigenvalue weighted by molar-refractivity contribution is 5.80. The topological polar surface area (TPSA) is 63.5 Å². The molecular weight excluding hydrogens is 353 g/mol. The molecule has 0 aromatic heterocycles. The first-order chi connectivity index (χ1) is 13.7. The molecule has 2 N–H and O–H groups in total. The fraction of sp³-hybridized carbons (Fsp3) is 0.364. The number of benzene rings is 2. The molecule has 0 spiro atoms. The van der Waals surface area contributed by atoms with Crippen LogP contribution in [0.5, 0.6) is 0 Å². The van der Waals surface area contributed by atoms with E-state index in [9.17, 15) is 4.39 Å². The molecule has 1 aliphatic heterocycles. The molecule has 0 amide bonds. The molecule has 0 saturated carbocycles. The quantitative estimate of drug-likeness (QED) is 0.619. The highest BCUT2D eigenvalue weighted by Gasteiger charge is 2.20. The summed E-state index contributed by atoms with van der Waals surface area (Å²) in [7, 11) is 1.71. The van der Waals surface area contributed by atoms with Gasteiger partial charge in [0.05, 0.1) is 11.6 Å². The van der Waals surface area contributed by atoms with Gasteiger partial charge in [-0.1, -0.05) is 30.3 Å². The molecule has 2 aromatic carbocycles. The Bertz CT molecular complexity index is 844. The first kappa shape index (κ1) is 19.8.